The van der Waals surface area contributed by atoms with Crippen LogP contribution in [-0.4, -0.2) is 105 Å². The number of carbonyl (C=O) groups excluding carboxylic acids is 1. The summed E-state index contributed by atoms with van der Waals surface area (Å²) in [6, 6.07) is 2.84. The Hall–Kier alpha value is -2.28. The number of aliphatic hydroxyl groups excluding tert-OH is 4. The minimum atomic E-state index is -5.38. The summed E-state index contributed by atoms with van der Waals surface area (Å²) in [5, 5.41) is 41.9. The second-order valence-corrected chi connectivity index (χ2v) is 13.8. The number of aliphatic hydroxyl groups is 4. The molecule has 10 N–H and O–H groups in total. The lowest BCUT2D eigenvalue weighted by atomic mass is 10.1. The van der Waals surface area contributed by atoms with Gasteiger partial charge in [-0.05, 0) is 6.07 Å². The van der Waals surface area contributed by atoms with Crippen molar-refractivity contribution in [1.82, 2.24) is 19.5 Å². The van der Waals surface area contributed by atoms with Crippen molar-refractivity contribution in [3.8, 4) is 0 Å². The van der Waals surface area contributed by atoms with Gasteiger partial charge in [-0.1, -0.05) is 0 Å². The van der Waals surface area contributed by atoms with E-state index in [0.29, 0.717) is 0 Å². The quantitative estimate of drug-likeness (QED) is 0.0434. The molecular formula is C21H27IN7O14P2+. The number of nitrogens with two attached hydrogens (primary N) is 2. The van der Waals surface area contributed by atoms with Crippen LogP contribution in [0.3, 0.4) is 0 Å². The maximum absolute atomic E-state index is 12.5. The van der Waals surface area contributed by atoms with Crippen LogP contribution >= 0.6 is 38.2 Å². The molecule has 45 heavy (non-hydrogen) atoms. The topological polar surface area (TPSA) is 318 Å². The zero-order valence-electron chi connectivity index (χ0n) is 22.5. The van der Waals surface area contributed by atoms with Crippen LogP contribution in [0.4, 0.5) is 5.82 Å². The number of nitrogen functional groups attached to an aromatic ring is 1. The van der Waals surface area contributed by atoms with Gasteiger partial charge in [-0.3, -0.25) is 18.4 Å². The molecule has 2 saturated heterocycles. The number of pyridine rings is 1. The molecular weight excluding hydrogens is 763 g/mol. The van der Waals surface area contributed by atoms with Crippen molar-refractivity contribution in [2.45, 2.75) is 49.1 Å². The summed E-state index contributed by atoms with van der Waals surface area (Å²) in [5.41, 5.74) is 11.5. The zero-order chi connectivity index (χ0) is 32.8. The predicted molar refractivity (Wildman–Crippen MR) is 152 cm³/mol. The third kappa shape index (κ3) is 7.18. The van der Waals surface area contributed by atoms with Crippen LogP contribution in [-0.2, 0) is 32.0 Å². The molecule has 24 heteroatoms. The van der Waals surface area contributed by atoms with E-state index in [2.05, 4.69) is 19.3 Å². The van der Waals surface area contributed by atoms with Gasteiger partial charge in [-0.2, -0.15) is 8.88 Å². The number of primary amides is 1. The molecule has 246 valence electrons. The number of ether oxygens (including phenoxy) is 2. The highest BCUT2D eigenvalue weighted by Gasteiger charge is 2.50. The van der Waals surface area contributed by atoms with E-state index in [9.17, 15) is 44.1 Å². The Balaban J connectivity index is 1.17. The summed E-state index contributed by atoms with van der Waals surface area (Å²) in [5.74, 6) is -0.712. The minimum absolute atomic E-state index is 0.0532. The van der Waals surface area contributed by atoms with Crippen LogP contribution in [0.1, 0.15) is 22.8 Å². The van der Waals surface area contributed by atoms with Gasteiger partial charge >= 0.3 is 15.6 Å². The molecule has 0 aliphatic carbocycles. The van der Waals surface area contributed by atoms with E-state index in [0.717, 1.165) is 6.33 Å². The number of phosphoric ester groups is 2. The summed E-state index contributed by atoms with van der Waals surface area (Å²) >= 11 is 1.82. The smallest absolute Gasteiger partial charge is 0.387 e. The second kappa shape index (κ2) is 13.1. The van der Waals surface area contributed by atoms with Crippen molar-refractivity contribution < 1.29 is 71.5 Å². The first-order valence-corrected chi connectivity index (χ1v) is 16.8. The lowest BCUT2D eigenvalue weighted by Gasteiger charge is -2.20. The van der Waals surface area contributed by atoms with Crippen LogP contribution in [0.5, 0.6) is 0 Å². The Bertz CT molecular complexity index is 1680. The van der Waals surface area contributed by atoms with E-state index >= 15 is 0 Å². The molecule has 3 aromatic rings. The fourth-order valence-electron chi connectivity index (χ4n) is 4.63. The summed E-state index contributed by atoms with van der Waals surface area (Å²) in [4.78, 5) is 43.7. The van der Waals surface area contributed by atoms with E-state index in [1.54, 1.807) is 0 Å². The van der Waals surface area contributed by atoms with Crippen molar-refractivity contribution >= 4 is 61.1 Å². The number of amides is 1. The molecule has 2 aliphatic rings. The molecule has 2 unspecified atom stereocenters. The number of hydrogen-bond acceptors (Lipinski definition) is 16. The molecule has 0 aromatic carbocycles. The minimum Gasteiger partial charge on any atom is -0.387 e. The summed E-state index contributed by atoms with van der Waals surface area (Å²) in [6.07, 6.45) is -8.11. The monoisotopic (exact) mass is 790 g/mol. The van der Waals surface area contributed by atoms with Gasteiger partial charge in [-0.25, -0.2) is 24.1 Å². The number of aromatic nitrogens is 5. The number of rotatable bonds is 11. The van der Waals surface area contributed by atoms with Gasteiger partial charge < -0.3 is 51.2 Å². The average Bonchev–Trinajstić information content (AvgIpc) is 3.56. The van der Waals surface area contributed by atoms with Gasteiger partial charge in [0.1, 0.15) is 42.4 Å². The Labute approximate surface area is 265 Å². The molecule has 2 aliphatic heterocycles. The van der Waals surface area contributed by atoms with Gasteiger partial charge in [0.15, 0.2) is 45.5 Å². The summed E-state index contributed by atoms with van der Waals surface area (Å²) in [7, 11) is -10.8. The third-order valence-electron chi connectivity index (χ3n) is 6.80. The van der Waals surface area contributed by atoms with Gasteiger partial charge in [0.25, 0.3) is 12.1 Å². The number of fused-ring (bicyclic) bond motifs is 1. The highest BCUT2D eigenvalue weighted by atomic mass is 127. The molecule has 3 aromatic heterocycles. The van der Waals surface area contributed by atoms with E-state index in [1.165, 1.54) is 33.7 Å². The van der Waals surface area contributed by atoms with Crippen molar-refractivity contribution in [3.63, 3.8) is 0 Å². The summed E-state index contributed by atoms with van der Waals surface area (Å²) in [6.45, 7) is -1.80. The Morgan fingerprint density at radius 1 is 1.02 bits per heavy atom. The number of nitrogens with zero attached hydrogens (tertiary/aromatic N) is 5. The van der Waals surface area contributed by atoms with Crippen LogP contribution in [0.2, 0.25) is 0 Å². The molecule has 10 atom stereocenters. The summed E-state index contributed by atoms with van der Waals surface area (Å²) < 4.78 is 52.6. The van der Waals surface area contributed by atoms with Gasteiger partial charge in [0.2, 0.25) is 0 Å². The van der Waals surface area contributed by atoms with E-state index < -0.39 is 83.8 Å². The number of hydrogen-bond donors (Lipinski definition) is 8. The molecule has 0 bridgehead atoms. The molecule has 2 fully saturated rings. The molecule has 5 heterocycles. The Kier molecular flexibility index (Phi) is 9.90. The predicted octanol–water partition coefficient (Wildman–Crippen LogP) is -2.41. The largest absolute Gasteiger partial charge is 0.481 e. The molecule has 0 saturated carbocycles. The average molecular weight is 790 g/mol. The van der Waals surface area contributed by atoms with Gasteiger partial charge in [0, 0.05) is 28.7 Å². The Morgan fingerprint density at radius 3 is 2.29 bits per heavy atom. The number of anilines is 1. The molecule has 1 amide bonds. The highest BCUT2D eigenvalue weighted by Crippen LogP contribution is 2.60. The highest BCUT2D eigenvalue weighted by molar-refractivity contribution is 14.1. The van der Waals surface area contributed by atoms with Crippen molar-refractivity contribution in [1.29, 1.82) is 0 Å². The van der Waals surface area contributed by atoms with Gasteiger partial charge in [-0.15, -0.1) is 0 Å². The standard InChI is InChI=1S/C21H26IN7O14P2/c22-21-27-11-16(23)25-7-26-18(11)29(21)20-15(33)13(31)10(42-20)6-40-45(37,38)43-44(35,36)39-5-9-12(30)14(32)19(41-9)28-3-1-2-8(4-28)17(24)34/h1-4,7,9-10,12-15,19-20,30-33H,5-6H2,(H5-,23,24,25,26,34,35,36,37,38)/p+1/t9-,10-,12-,13-,14-,15-,19-,20-/m1/s1. The fraction of sp³-hybridized carbons (Fsp3) is 0.476. The van der Waals surface area contributed by atoms with Crippen LogP contribution in [0, 0.1) is 3.83 Å². The normalized spacial score (nSPS) is 31.2. The van der Waals surface area contributed by atoms with Crippen molar-refractivity contribution in [2.75, 3.05) is 18.9 Å². The van der Waals surface area contributed by atoms with Crippen LogP contribution in [0.15, 0.2) is 30.9 Å². The number of carbonyl (C=O) groups is 1. The Morgan fingerprint density at radius 2 is 1.64 bits per heavy atom. The maximum atomic E-state index is 12.5. The SMILES string of the molecule is NC(=O)c1ccc[n+]([C@@H]2O[C@H](COP(=O)(O)OP(=O)(O)OC[C@H]3O[C@@H](n4c(I)nc5c(N)ncnc54)[C@H](O)[C@@H]3O)[C@@H](O)[C@H]2O)c1. The lowest BCUT2D eigenvalue weighted by molar-refractivity contribution is -0.765. The van der Waals surface area contributed by atoms with E-state index in [-0.39, 0.29) is 26.4 Å². The van der Waals surface area contributed by atoms with Crippen LogP contribution in [0.25, 0.3) is 11.2 Å². The van der Waals surface area contributed by atoms with E-state index in [4.69, 9.17) is 30.0 Å². The first-order valence-electron chi connectivity index (χ1n) is 12.7. The molecule has 21 nitrogen and oxygen atoms in total. The molecule has 0 radical (unpaired) electrons. The third-order valence-corrected chi connectivity index (χ3v) is 10.2. The van der Waals surface area contributed by atoms with Crippen LogP contribution < -0.4 is 16.0 Å². The lowest BCUT2D eigenvalue weighted by Crippen LogP contribution is -2.46. The first kappa shape index (κ1) is 34.1. The zero-order valence-corrected chi connectivity index (χ0v) is 26.5. The number of imidazole rings is 1. The second-order valence-electron chi connectivity index (χ2n) is 9.79. The van der Waals surface area contributed by atoms with Gasteiger partial charge in [0.05, 0.1) is 13.2 Å². The maximum Gasteiger partial charge on any atom is 0.481 e. The van der Waals surface area contributed by atoms with Crippen molar-refractivity contribution in [2.24, 2.45) is 5.73 Å². The fourth-order valence-corrected chi connectivity index (χ4v) is 7.46. The number of halogens is 1. The molecule has 0 spiro atoms. The van der Waals surface area contributed by atoms with E-state index in [1.807, 2.05) is 22.6 Å². The molecule has 5 rings (SSSR count). The van der Waals surface area contributed by atoms with Crippen molar-refractivity contribution in [3.05, 3.63) is 40.2 Å². The number of phosphoric acid groups is 2. The first-order chi connectivity index (χ1) is 21.1.